The molecule has 2 amide bonds. The number of aryl methyl sites for hydroxylation is 1. The van der Waals surface area contributed by atoms with Gasteiger partial charge in [0.15, 0.2) is 6.10 Å². The van der Waals surface area contributed by atoms with Gasteiger partial charge in [0.2, 0.25) is 5.91 Å². The predicted molar refractivity (Wildman–Crippen MR) is 101 cm³/mol. The van der Waals surface area contributed by atoms with E-state index in [4.69, 9.17) is 4.74 Å². The van der Waals surface area contributed by atoms with Crippen LogP contribution in [0.3, 0.4) is 0 Å². The van der Waals surface area contributed by atoms with Crippen molar-refractivity contribution in [2.45, 2.75) is 19.4 Å². The van der Waals surface area contributed by atoms with E-state index in [1.54, 1.807) is 6.07 Å². The van der Waals surface area contributed by atoms with Crippen LogP contribution in [0.4, 0.5) is 11.4 Å². The van der Waals surface area contributed by atoms with Crippen LogP contribution in [0, 0.1) is 6.92 Å². The van der Waals surface area contributed by atoms with Crippen molar-refractivity contribution in [3.63, 3.8) is 0 Å². The van der Waals surface area contributed by atoms with E-state index in [1.807, 2.05) is 61.5 Å². The first-order valence-corrected chi connectivity index (χ1v) is 8.46. The van der Waals surface area contributed by atoms with Crippen molar-refractivity contribution in [2.75, 3.05) is 10.6 Å². The quantitative estimate of drug-likeness (QED) is 0.756. The van der Waals surface area contributed by atoms with Crippen LogP contribution < -0.4 is 15.4 Å². The first kappa shape index (κ1) is 16.1. The third kappa shape index (κ3) is 3.11. The number of hydrogen-bond acceptors (Lipinski definition) is 3. The Morgan fingerprint density at radius 1 is 1.12 bits per heavy atom. The first-order valence-electron chi connectivity index (χ1n) is 8.46. The van der Waals surface area contributed by atoms with Crippen molar-refractivity contribution < 1.29 is 14.3 Å². The van der Waals surface area contributed by atoms with Crippen LogP contribution in [0.15, 0.2) is 60.7 Å². The molecule has 1 unspecified atom stereocenters. The molecule has 0 aromatic heterocycles. The molecule has 130 valence electrons. The van der Waals surface area contributed by atoms with E-state index < -0.39 is 6.10 Å². The molecule has 26 heavy (non-hydrogen) atoms. The molecule has 0 radical (unpaired) electrons. The number of ether oxygens (including phenoxy) is 1. The molecule has 2 N–H and O–H groups in total. The summed E-state index contributed by atoms with van der Waals surface area (Å²) in [5.74, 6) is 0.00592. The van der Waals surface area contributed by atoms with Crippen molar-refractivity contribution in [1.29, 1.82) is 0 Å². The molecule has 0 fully saturated rings. The highest BCUT2D eigenvalue weighted by atomic mass is 16.5. The van der Waals surface area contributed by atoms with E-state index in [0.29, 0.717) is 11.4 Å². The summed E-state index contributed by atoms with van der Waals surface area (Å²) in [6.07, 6.45) is -0.900. The normalized spacial score (nSPS) is 15.7. The Kier molecular flexibility index (Phi) is 4.05. The molecular formula is C21H18N2O3. The molecule has 4 rings (SSSR count). The molecule has 5 heteroatoms. The Labute approximate surface area is 151 Å². The highest BCUT2D eigenvalue weighted by molar-refractivity contribution is 6.05. The molecule has 5 nitrogen and oxygen atoms in total. The minimum absolute atomic E-state index is 0.0532. The van der Waals surface area contributed by atoms with Crippen LogP contribution in [-0.4, -0.2) is 17.9 Å². The maximum atomic E-state index is 12.5. The van der Waals surface area contributed by atoms with E-state index in [0.717, 1.165) is 22.0 Å². The van der Waals surface area contributed by atoms with E-state index in [9.17, 15) is 9.59 Å². The number of carbonyl (C=O) groups is 2. The van der Waals surface area contributed by atoms with Crippen LogP contribution in [0.1, 0.15) is 12.0 Å². The summed E-state index contributed by atoms with van der Waals surface area (Å²) in [7, 11) is 0. The van der Waals surface area contributed by atoms with Gasteiger partial charge < -0.3 is 15.4 Å². The summed E-state index contributed by atoms with van der Waals surface area (Å²) in [6.45, 7) is 1.94. The average Bonchev–Trinajstić information content (AvgIpc) is 2.63. The molecule has 0 spiro atoms. The van der Waals surface area contributed by atoms with Crippen LogP contribution in [0.25, 0.3) is 10.8 Å². The van der Waals surface area contributed by atoms with Gasteiger partial charge in [0, 0.05) is 11.1 Å². The summed E-state index contributed by atoms with van der Waals surface area (Å²) in [5.41, 5.74) is 2.39. The summed E-state index contributed by atoms with van der Waals surface area (Å²) in [5, 5.41) is 7.69. The summed E-state index contributed by atoms with van der Waals surface area (Å²) < 4.78 is 5.72. The van der Waals surface area contributed by atoms with Gasteiger partial charge in [0.25, 0.3) is 5.91 Å². The minimum atomic E-state index is -0.847. The third-order valence-corrected chi connectivity index (χ3v) is 4.39. The number of fused-ring (bicyclic) bond motifs is 2. The smallest absolute Gasteiger partial charge is 0.266 e. The van der Waals surface area contributed by atoms with E-state index in [-0.39, 0.29) is 18.2 Å². The first-order chi connectivity index (χ1) is 12.6. The zero-order valence-corrected chi connectivity index (χ0v) is 14.3. The van der Waals surface area contributed by atoms with Crippen molar-refractivity contribution in [3.05, 3.63) is 66.2 Å². The van der Waals surface area contributed by atoms with Crippen LogP contribution >= 0.6 is 0 Å². The van der Waals surface area contributed by atoms with E-state index >= 15 is 0 Å². The molecule has 1 aliphatic heterocycles. The Morgan fingerprint density at radius 2 is 1.92 bits per heavy atom. The predicted octanol–water partition coefficient (Wildman–Crippen LogP) is 3.88. The van der Waals surface area contributed by atoms with Gasteiger partial charge in [-0.25, -0.2) is 0 Å². The van der Waals surface area contributed by atoms with Gasteiger partial charge in [-0.15, -0.1) is 0 Å². The molecule has 0 aliphatic carbocycles. The lowest BCUT2D eigenvalue weighted by Gasteiger charge is -2.25. The standard InChI is InChI=1S/C21H18N2O3/c1-13-9-10-18-17(11-13)23-21(25)19(26-18)12-20(24)22-16-8-4-6-14-5-2-3-7-15(14)16/h2-11,19H,12H2,1H3,(H,22,24)(H,23,25). The maximum Gasteiger partial charge on any atom is 0.266 e. The number of amides is 2. The lowest BCUT2D eigenvalue weighted by atomic mass is 10.1. The van der Waals surface area contributed by atoms with Gasteiger partial charge in [-0.3, -0.25) is 9.59 Å². The lowest BCUT2D eigenvalue weighted by molar-refractivity contribution is -0.128. The zero-order chi connectivity index (χ0) is 18.1. The van der Waals surface area contributed by atoms with Gasteiger partial charge in [-0.05, 0) is 36.1 Å². The van der Waals surface area contributed by atoms with E-state index in [2.05, 4.69) is 10.6 Å². The highest BCUT2D eigenvalue weighted by Gasteiger charge is 2.29. The SMILES string of the molecule is Cc1ccc2c(c1)NC(=O)C(CC(=O)Nc1cccc3ccccc13)O2. The second-order valence-corrected chi connectivity index (χ2v) is 6.37. The Hall–Kier alpha value is -3.34. The molecule has 3 aromatic carbocycles. The van der Waals surface area contributed by atoms with Crippen LogP contribution in [-0.2, 0) is 9.59 Å². The van der Waals surface area contributed by atoms with Crippen LogP contribution in [0.5, 0.6) is 5.75 Å². The Bertz CT molecular complexity index is 1010. The van der Waals surface area contributed by atoms with Crippen molar-refractivity contribution in [3.8, 4) is 5.75 Å². The number of anilines is 2. The minimum Gasteiger partial charge on any atom is -0.478 e. The second-order valence-electron chi connectivity index (χ2n) is 6.37. The molecule has 1 heterocycles. The topological polar surface area (TPSA) is 67.4 Å². The van der Waals surface area contributed by atoms with Gasteiger partial charge in [-0.1, -0.05) is 42.5 Å². The highest BCUT2D eigenvalue weighted by Crippen LogP contribution is 2.31. The number of carbonyl (C=O) groups excluding carboxylic acids is 2. The summed E-state index contributed by atoms with van der Waals surface area (Å²) >= 11 is 0. The molecule has 1 atom stereocenters. The van der Waals surface area contributed by atoms with Gasteiger partial charge >= 0.3 is 0 Å². The van der Waals surface area contributed by atoms with Gasteiger partial charge in [0.05, 0.1) is 12.1 Å². The molecule has 1 aliphatic rings. The number of nitrogens with one attached hydrogen (secondary N) is 2. The Balaban J connectivity index is 1.50. The maximum absolute atomic E-state index is 12.5. The van der Waals surface area contributed by atoms with Crippen molar-refractivity contribution in [2.24, 2.45) is 0 Å². The zero-order valence-electron chi connectivity index (χ0n) is 14.3. The third-order valence-electron chi connectivity index (χ3n) is 4.39. The lowest BCUT2D eigenvalue weighted by Crippen LogP contribution is -2.39. The molecule has 0 saturated heterocycles. The van der Waals surface area contributed by atoms with E-state index in [1.165, 1.54) is 0 Å². The number of rotatable bonds is 3. The largest absolute Gasteiger partial charge is 0.478 e. The second kappa shape index (κ2) is 6.52. The molecule has 3 aromatic rings. The summed E-state index contributed by atoms with van der Waals surface area (Å²) in [4.78, 5) is 24.7. The average molecular weight is 346 g/mol. The number of benzene rings is 3. The van der Waals surface area contributed by atoms with Crippen molar-refractivity contribution in [1.82, 2.24) is 0 Å². The Morgan fingerprint density at radius 3 is 2.81 bits per heavy atom. The summed E-state index contributed by atoms with van der Waals surface area (Å²) in [6, 6.07) is 19.1. The molecular weight excluding hydrogens is 328 g/mol. The monoisotopic (exact) mass is 346 g/mol. The fourth-order valence-electron chi connectivity index (χ4n) is 3.10. The van der Waals surface area contributed by atoms with Gasteiger partial charge in [0.1, 0.15) is 5.75 Å². The number of hydrogen-bond donors (Lipinski definition) is 2. The molecule has 0 saturated carbocycles. The van der Waals surface area contributed by atoms with Crippen LogP contribution in [0.2, 0.25) is 0 Å². The molecule has 0 bridgehead atoms. The fraction of sp³-hybridized carbons (Fsp3) is 0.143. The van der Waals surface area contributed by atoms with Gasteiger partial charge in [-0.2, -0.15) is 0 Å². The fourth-order valence-corrected chi connectivity index (χ4v) is 3.10. The van der Waals surface area contributed by atoms with Crippen molar-refractivity contribution >= 4 is 34.0 Å².